The SMILES string of the molecule is CN=C(NCCSc1ccc(Cl)cc1)NCCC(=O)NC1CCS(=O)(=O)C1. The van der Waals surface area contributed by atoms with Crippen LogP contribution in [0.15, 0.2) is 34.2 Å². The average Bonchev–Trinajstić information content (AvgIpc) is 2.96. The number of benzene rings is 1. The van der Waals surface area contributed by atoms with Crippen LogP contribution in [0.5, 0.6) is 0 Å². The number of amides is 1. The lowest BCUT2D eigenvalue weighted by atomic mass is 10.2. The van der Waals surface area contributed by atoms with E-state index >= 15 is 0 Å². The van der Waals surface area contributed by atoms with Gasteiger partial charge < -0.3 is 16.0 Å². The number of rotatable bonds is 8. The topological polar surface area (TPSA) is 99.7 Å². The van der Waals surface area contributed by atoms with Crippen LogP contribution in [0.2, 0.25) is 5.02 Å². The van der Waals surface area contributed by atoms with Gasteiger partial charge in [0.2, 0.25) is 5.91 Å². The summed E-state index contributed by atoms with van der Waals surface area (Å²) in [7, 11) is -1.31. The molecule has 1 saturated heterocycles. The van der Waals surface area contributed by atoms with Gasteiger partial charge in [-0.25, -0.2) is 8.42 Å². The summed E-state index contributed by atoms with van der Waals surface area (Å²) in [5.74, 6) is 1.53. The Hall–Kier alpha value is -1.45. The van der Waals surface area contributed by atoms with Crippen molar-refractivity contribution in [3.63, 3.8) is 0 Å². The van der Waals surface area contributed by atoms with Crippen LogP contribution in [0.4, 0.5) is 0 Å². The zero-order chi connectivity index (χ0) is 19.7. The van der Waals surface area contributed by atoms with Gasteiger partial charge in [-0.15, -0.1) is 11.8 Å². The first-order chi connectivity index (χ1) is 12.9. The quantitative estimate of drug-likeness (QED) is 0.248. The summed E-state index contributed by atoms with van der Waals surface area (Å²) in [5.41, 5.74) is 0. The van der Waals surface area contributed by atoms with Gasteiger partial charge in [-0.05, 0) is 30.7 Å². The lowest BCUT2D eigenvalue weighted by molar-refractivity contribution is -0.121. The number of aliphatic imine (C=N–C) groups is 1. The second-order valence-electron chi connectivity index (χ2n) is 6.15. The summed E-state index contributed by atoms with van der Waals surface area (Å²) in [6.07, 6.45) is 0.757. The molecule has 0 spiro atoms. The predicted octanol–water partition coefficient (Wildman–Crippen LogP) is 1.29. The Morgan fingerprint density at radius 1 is 1.26 bits per heavy atom. The summed E-state index contributed by atoms with van der Waals surface area (Å²) in [6, 6.07) is 7.43. The summed E-state index contributed by atoms with van der Waals surface area (Å²) < 4.78 is 22.8. The minimum absolute atomic E-state index is 0.0423. The molecule has 10 heteroatoms. The van der Waals surface area contributed by atoms with Crippen LogP contribution in [0.25, 0.3) is 0 Å². The van der Waals surface area contributed by atoms with Crippen molar-refractivity contribution in [1.82, 2.24) is 16.0 Å². The molecular formula is C17H25ClN4O3S2. The molecule has 1 aliphatic rings. The molecule has 0 bridgehead atoms. The molecule has 1 aromatic carbocycles. The minimum atomic E-state index is -2.98. The summed E-state index contributed by atoms with van der Waals surface area (Å²) in [6.45, 7) is 1.15. The van der Waals surface area contributed by atoms with Crippen LogP contribution >= 0.6 is 23.4 Å². The normalized spacial score (nSPS) is 18.9. The Labute approximate surface area is 169 Å². The van der Waals surface area contributed by atoms with E-state index < -0.39 is 9.84 Å². The number of hydrogen-bond acceptors (Lipinski definition) is 5. The molecule has 0 aromatic heterocycles. The Morgan fingerprint density at radius 2 is 1.96 bits per heavy atom. The van der Waals surface area contributed by atoms with Gasteiger partial charge >= 0.3 is 0 Å². The van der Waals surface area contributed by atoms with E-state index in [-0.39, 0.29) is 29.9 Å². The van der Waals surface area contributed by atoms with Crippen molar-refractivity contribution in [2.24, 2.45) is 4.99 Å². The van der Waals surface area contributed by atoms with Crippen LogP contribution < -0.4 is 16.0 Å². The third kappa shape index (κ3) is 8.40. The number of guanidine groups is 1. The number of thioether (sulfide) groups is 1. The van der Waals surface area contributed by atoms with Gasteiger partial charge in [0.15, 0.2) is 15.8 Å². The molecule has 27 heavy (non-hydrogen) atoms. The Bertz CT molecular complexity index is 754. The van der Waals surface area contributed by atoms with Gasteiger partial charge in [0.05, 0.1) is 11.5 Å². The molecule has 150 valence electrons. The predicted molar refractivity (Wildman–Crippen MR) is 111 cm³/mol. The number of sulfone groups is 1. The van der Waals surface area contributed by atoms with Crippen LogP contribution in [0.1, 0.15) is 12.8 Å². The van der Waals surface area contributed by atoms with Crippen molar-refractivity contribution < 1.29 is 13.2 Å². The molecular weight excluding hydrogens is 408 g/mol. The molecule has 0 saturated carbocycles. The van der Waals surface area contributed by atoms with Crippen molar-refractivity contribution >= 4 is 45.1 Å². The van der Waals surface area contributed by atoms with E-state index in [9.17, 15) is 13.2 Å². The molecule has 0 aliphatic carbocycles. The van der Waals surface area contributed by atoms with Crippen LogP contribution in [-0.2, 0) is 14.6 Å². The second kappa shape index (κ2) is 10.8. The molecule has 2 rings (SSSR count). The maximum absolute atomic E-state index is 11.9. The second-order valence-corrected chi connectivity index (χ2v) is 9.98. The maximum atomic E-state index is 11.9. The third-order valence-electron chi connectivity index (χ3n) is 3.94. The van der Waals surface area contributed by atoms with Gasteiger partial charge in [-0.3, -0.25) is 9.79 Å². The number of nitrogens with one attached hydrogen (secondary N) is 3. The van der Waals surface area contributed by atoms with Crippen molar-refractivity contribution in [3.05, 3.63) is 29.3 Å². The smallest absolute Gasteiger partial charge is 0.222 e. The molecule has 7 nitrogen and oxygen atoms in total. The summed E-state index contributed by atoms with van der Waals surface area (Å²) in [4.78, 5) is 17.2. The Balaban J connectivity index is 1.58. The van der Waals surface area contributed by atoms with Gasteiger partial charge in [-0.1, -0.05) is 11.6 Å². The van der Waals surface area contributed by atoms with Crippen LogP contribution in [-0.4, -0.2) is 63.7 Å². The lowest BCUT2D eigenvalue weighted by Gasteiger charge is -2.13. The fourth-order valence-electron chi connectivity index (χ4n) is 2.59. The molecule has 0 radical (unpaired) electrons. The first-order valence-electron chi connectivity index (χ1n) is 8.70. The highest BCUT2D eigenvalue weighted by Gasteiger charge is 2.28. The fourth-order valence-corrected chi connectivity index (χ4v) is 5.16. The van der Waals surface area contributed by atoms with E-state index in [1.807, 2.05) is 24.3 Å². The molecule has 1 unspecified atom stereocenters. The molecule has 1 atom stereocenters. The van der Waals surface area contributed by atoms with E-state index in [4.69, 9.17) is 11.6 Å². The first-order valence-corrected chi connectivity index (χ1v) is 11.9. The fraction of sp³-hybridized carbons (Fsp3) is 0.529. The highest BCUT2D eigenvalue weighted by atomic mass is 35.5. The molecule has 3 N–H and O–H groups in total. The zero-order valence-corrected chi connectivity index (χ0v) is 17.6. The highest BCUT2D eigenvalue weighted by Crippen LogP contribution is 2.19. The van der Waals surface area contributed by atoms with Gasteiger partial charge in [0.1, 0.15) is 0 Å². The zero-order valence-electron chi connectivity index (χ0n) is 15.2. The largest absolute Gasteiger partial charge is 0.356 e. The Morgan fingerprint density at radius 3 is 2.59 bits per heavy atom. The first kappa shape index (κ1) is 21.8. The highest BCUT2D eigenvalue weighted by molar-refractivity contribution is 7.99. The number of halogens is 1. The van der Waals surface area contributed by atoms with E-state index in [0.29, 0.717) is 18.9 Å². The number of hydrogen-bond donors (Lipinski definition) is 3. The number of nitrogens with zero attached hydrogens (tertiary/aromatic N) is 1. The van der Waals surface area contributed by atoms with Crippen molar-refractivity contribution in [2.45, 2.75) is 23.8 Å². The Kier molecular flexibility index (Phi) is 8.72. The van der Waals surface area contributed by atoms with Gasteiger partial charge in [0.25, 0.3) is 0 Å². The van der Waals surface area contributed by atoms with E-state index in [2.05, 4.69) is 20.9 Å². The summed E-state index contributed by atoms with van der Waals surface area (Å²) >= 11 is 7.57. The van der Waals surface area contributed by atoms with Crippen molar-refractivity contribution in [2.75, 3.05) is 37.4 Å². The monoisotopic (exact) mass is 432 g/mol. The molecule has 1 fully saturated rings. The maximum Gasteiger partial charge on any atom is 0.222 e. The summed E-state index contributed by atoms with van der Waals surface area (Å²) in [5, 5.41) is 9.76. The van der Waals surface area contributed by atoms with Gasteiger partial charge in [0, 0.05) is 48.3 Å². The molecule has 1 heterocycles. The molecule has 1 aromatic rings. The van der Waals surface area contributed by atoms with Crippen molar-refractivity contribution in [1.29, 1.82) is 0 Å². The third-order valence-corrected chi connectivity index (χ3v) is 6.98. The van der Waals surface area contributed by atoms with E-state index in [1.54, 1.807) is 18.8 Å². The van der Waals surface area contributed by atoms with Crippen LogP contribution in [0.3, 0.4) is 0 Å². The number of carbonyl (C=O) groups excluding carboxylic acids is 1. The number of carbonyl (C=O) groups is 1. The van der Waals surface area contributed by atoms with Crippen molar-refractivity contribution in [3.8, 4) is 0 Å². The van der Waals surface area contributed by atoms with E-state index in [0.717, 1.165) is 22.2 Å². The molecule has 1 aliphatic heterocycles. The van der Waals surface area contributed by atoms with Crippen LogP contribution in [0, 0.1) is 0 Å². The standard InChI is InChI=1S/C17H25ClN4O3S2/c1-19-17(21-9-10-26-15-4-2-13(18)3-5-15)20-8-6-16(23)22-14-7-11-27(24,25)12-14/h2-5,14H,6-12H2,1H3,(H,22,23)(H2,19,20,21). The minimum Gasteiger partial charge on any atom is -0.356 e. The van der Waals surface area contributed by atoms with Gasteiger partial charge in [-0.2, -0.15) is 0 Å². The lowest BCUT2D eigenvalue weighted by Crippen LogP contribution is -2.41. The van der Waals surface area contributed by atoms with E-state index in [1.165, 1.54) is 0 Å². The average molecular weight is 433 g/mol. The molecule has 1 amide bonds.